The van der Waals surface area contributed by atoms with E-state index in [-0.39, 0.29) is 11.8 Å². The summed E-state index contributed by atoms with van der Waals surface area (Å²) >= 11 is 7.09. The molecule has 3 rings (SSSR count). The number of anilines is 2. The van der Waals surface area contributed by atoms with Gasteiger partial charge >= 0.3 is 6.01 Å². The predicted molar refractivity (Wildman–Crippen MR) is 84.9 cm³/mol. The number of carbonyl (C=O) groups is 1. The predicted octanol–water partition coefficient (Wildman–Crippen LogP) is 4.10. The van der Waals surface area contributed by atoms with Crippen LogP contribution < -0.4 is 5.32 Å². The fourth-order valence-electron chi connectivity index (χ4n) is 1.85. The van der Waals surface area contributed by atoms with E-state index >= 15 is 0 Å². The van der Waals surface area contributed by atoms with E-state index in [1.165, 1.54) is 18.3 Å². The van der Waals surface area contributed by atoms with Crippen molar-refractivity contribution in [2.75, 3.05) is 5.32 Å². The number of benzene rings is 1. The van der Waals surface area contributed by atoms with Gasteiger partial charge in [0.1, 0.15) is 0 Å². The molecule has 3 aromatic rings. The smallest absolute Gasteiger partial charge is 0.322 e. The normalized spacial score (nSPS) is 10.7. The Labute approximate surface area is 135 Å². The lowest BCUT2D eigenvalue weighted by atomic mass is 10.2. The van der Waals surface area contributed by atoms with Crippen LogP contribution in [0, 0.1) is 6.92 Å². The van der Waals surface area contributed by atoms with Gasteiger partial charge < -0.3 is 4.42 Å². The van der Waals surface area contributed by atoms with Gasteiger partial charge in [0.25, 0.3) is 0 Å². The lowest BCUT2D eigenvalue weighted by Crippen LogP contribution is -1.90. The molecule has 0 atom stereocenters. The third kappa shape index (κ3) is 3.00. The van der Waals surface area contributed by atoms with E-state index in [1.807, 2.05) is 0 Å². The van der Waals surface area contributed by atoms with Gasteiger partial charge in [-0.2, -0.15) is 0 Å². The number of ketones is 1. The van der Waals surface area contributed by atoms with Crippen LogP contribution in [0.2, 0.25) is 5.02 Å². The summed E-state index contributed by atoms with van der Waals surface area (Å²) in [5.41, 5.74) is 1.45. The fourth-order valence-corrected chi connectivity index (χ4v) is 2.83. The van der Waals surface area contributed by atoms with Gasteiger partial charge in [0.15, 0.2) is 10.9 Å². The van der Waals surface area contributed by atoms with Gasteiger partial charge in [0.05, 0.1) is 10.6 Å². The van der Waals surface area contributed by atoms with Gasteiger partial charge in [-0.1, -0.05) is 28.0 Å². The van der Waals surface area contributed by atoms with Gasteiger partial charge in [-0.05, 0) is 31.2 Å². The Balaban J connectivity index is 1.81. The average Bonchev–Trinajstić information content (AvgIpc) is 3.07. The Morgan fingerprint density at radius 3 is 2.64 bits per heavy atom. The van der Waals surface area contributed by atoms with Crippen LogP contribution in [0.3, 0.4) is 0 Å². The third-order valence-electron chi connectivity index (χ3n) is 2.85. The van der Waals surface area contributed by atoms with Gasteiger partial charge in [-0.15, -0.1) is 5.10 Å². The Bertz CT molecular complexity index is 826. The van der Waals surface area contributed by atoms with Crippen molar-refractivity contribution >= 4 is 39.9 Å². The number of aryl methyl sites for hydroxylation is 1. The average molecular weight is 335 g/mol. The van der Waals surface area contributed by atoms with Crippen LogP contribution in [0.25, 0.3) is 11.5 Å². The number of thiazole rings is 1. The number of aromatic nitrogens is 3. The van der Waals surface area contributed by atoms with Gasteiger partial charge in [0.2, 0.25) is 5.89 Å². The van der Waals surface area contributed by atoms with E-state index in [0.717, 1.165) is 5.56 Å². The summed E-state index contributed by atoms with van der Waals surface area (Å²) in [4.78, 5) is 16.3. The zero-order valence-electron chi connectivity index (χ0n) is 11.8. The number of Topliss-reactive ketones (excluding diaryl/α,β-unsaturated/α-hetero) is 1. The zero-order valence-corrected chi connectivity index (χ0v) is 13.3. The molecule has 6 nitrogen and oxygen atoms in total. The van der Waals surface area contributed by atoms with E-state index in [4.69, 9.17) is 16.0 Å². The molecule has 0 saturated carbocycles. The maximum atomic E-state index is 11.4. The van der Waals surface area contributed by atoms with E-state index in [2.05, 4.69) is 20.5 Å². The van der Waals surface area contributed by atoms with E-state index in [9.17, 15) is 4.79 Å². The minimum absolute atomic E-state index is 0.0181. The van der Waals surface area contributed by atoms with Gasteiger partial charge in [0, 0.05) is 17.5 Å². The molecular formula is C14H11ClN4O2S. The topological polar surface area (TPSA) is 80.9 Å². The number of nitrogens with zero attached hydrogens (tertiary/aromatic N) is 3. The first kappa shape index (κ1) is 14.7. The molecular weight excluding hydrogens is 324 g/mol. The molecule has 0 spiro atoms. The van der Waals surface area contributed by atoms with Crippen LogP contribution in [0.15, 0.2) is 28.7 Å². The summed E-state index contributed by atoms with van der Waals surface area (Å²) in [7, 11) is 0. The molecule has 112 valence electrons. The van der Waals surface area contributed by atoms with Crippen molar-refractivity contribution < 1.29 is 9.21 Å². The number of rotatable bonds is 4. The van der Waals surface area contributed by atoms with Crippen molar-refractivity contribution in [2.45, 2.75) is 13.8 Å². The standard InChI is InChI=1S/C14H11ClN4O2S/c1-7-11(8(2)20)22-14(16-7)17-13-19-18-12(21-13)9-3-5-10(15)6-4-9/h3-6H,1-2H3,(H,16,17,19). The highest BCUT2D eigenvalue weighted by molar-refractivity contribution is 7.17. The number of halogens is 1. The van der Waals surface area contributed by atoms with Gasteiger partial charge in [-0.25, -0.2) is 4.98 Å². The van der Waals surface area contributed by atoms with Crippen LogP contribution in [0.1, 0.15) is 22.3 Å². The summed E-state index contributed by atoms with van der Waals surface area (Å²) in [6.07, 6.45) is 0. The molecule has 0 amide bonds. The minimum atomic E-state index is -0.0181. The molecule has 0 aliphatic heterocycles. The highest BCUT2D eigenvalue weighted by atomic mass is 35.5. The Hall–Kier alpha value is -2.25. The Morgan fingerprint density at radius 1 is 1.27 bits per heavy atom. The van der Waals surface area contributed by atoms with Crippen LogP contribution in [0.4, 0.5) is 11.1 Å². The number of hydrogen-bond donors (Lipinski definition) is 1. The SMILES string of the molecule is CC(=O)c1sc(Nc2nnc(-c3ccc(Cl)cc3)o2)nc1C. The molecule has 8 heteroatoms. The van der Waals surface area contributed by atoms with E-state index in [1.54, 1.807) is 31.2 Å². The summed E-state index contributed by atoms with van der Waals surface area (Å²) in [6.45, 7) is 3.29. The molecule has 0 radical (unpaired) electrons. The molecule has 0 fully saturated rings. The van der Waals surface area contributed by atoms with E-state index < -0.39 is 0 Å². The molecule has 0 bridgehead atoms. The van der Waals surface area contributed by atoms with Crippen molar-refractivity contribution in [3.8, 4) is 11.5 Å². The summed E-state index contributed by atoms with van der Waals surface area (Å²) in [6, 6.07) is 7.30. The number of nitrogens with one attached hydrogen (secondary N) is 1. The first-order valence-corrected chi connectivity index (χ1v) is 7.57. The quantitative estimate of drug-likeness (QED) is 0.723. The summed E-state index contributed by atoms with van der Waals surface area (Å²) in [5.74, 6) is 0.356. The van der Waals surface area contributed by atoms with E-state index in [0.29, 0.717) is 26.6 Å². The Morgan fingerprint density at radius 2 is 2.00 bits per heavy atom. The van der Waals surface area contributed by atoms with Crippen LogP contribution in [0.5, 0.6) is 0 Å². The Kier molecular flexibility index (Phi) is 3.91. The highest BCUT2D eigenvalue weighted by Gasteiger charge is 2.14. The van der Waals surface area contributed by atoms with Crippen LogP contribution >= 0.6 is 22.9 Å². The maximum absolute atomic E-state index is 11.4. The minimum Gasteiger partial charge on any atom is -0.403 e. The van der Waals surface area contributed by atoms with Crippen molar-refractivity contribution in [1.82, 2.24) is 15.2 Å². The third-order valence-corrected chi connectivity index (χ3v) is 4.27. The lowest BCUT2D eigenvalue weighted by molar-refractivity contribution is 0.102. The molecule has 0 aliphatic rings. The highest BCUT2D eigenvalue weighted by Crippen LogP contribution is 2.27. The molecule has 2 heterocycles. The zero-order chi connectivity index (χ0) is 15.7. The van der Waals surface area contributed by atoms with Crippen LogP contribution in [-0.4, -0.2) is 21.0 Å². The van der Waals surface area contributed by atoms with Crippen molar-refractivity contribution in [3.05, 3.63) is 39.9 Å². The molecule has 0 aliphatic carbocycles. The first-order chi connectivity index (χ1) is 10.5. The second kappa shape index (κ2) is 5.86. The fraction of sp³-hybridized carbons (Fsp3) is 0.143. The molecule has 2 aromatic heterocycles. The molecule has 0 unspecified atom stereocenters. The molecule has 1 aromatic carbocycles. The second-order valence-corrected chi connectivity index (χ2v) is 5.97. The number of hydrogen-bond acceptors (Lipinski definition) is 7. The van der Waals surface area contributed by atoms with Crippen molar-refractivity contribution in [1.29, 1.82) is 0 Å². The van der Waals surface area contributed by atoms with Gasteiger partial charge in [-0.3, -0.25) is 10.1 Å². The number of carbonyl (C=O) groups excluding carboxylic acids is 1. The second-order valence-electron chi connectivity index (χ2n) is 4.53. The summed E-state index contributed by atoms with van der Waals surface area (Å²) < 4.78 is 5.53. The first-order valence-electron chi connectivity index (χ1n) is 6.38. The largest absolute Gasteiger partial charge is 0.403 e. The van der Waals surface area contributed by atoms with Crippen molar-refractivity contribution in [2.24, 2.45) is 0 Å². The van der Waals surface area contributed by atoms with Crippen molar-refractivity contribution in [3.63, 3.8) is 0 Å². The molecule has 1 N–H and O–H groups in total. The monoisotopic (exact) mass is 334 g/mol. The summed E-state index contributed by atoms with van der Waals surface area (Å²) in [5, 5.41) is 12.0. The van der Waals surface area contributed by atoms with Crippen LogP contribution in [-0.2, 0) is 0 Å². The maximum Gasteiger partial charge on any atom is 0.322 e. The molecule has 0 saturated heterocycles. The lowest BCUT2D eigenvalue weighted by Gasteiger charge is -1.95. The molecule has 22 heavy (non-hydrogen) atoms.